The summed E-state index contributed by atoms with van der Waals surface area (Å²) in [5.74, 6) is 0.438. The van der Waals surface area contributed by atoms with Gasteiger partial charge in [0.05, 0.1) is 25.4 Å². The van der Waals surface area contributed by atoms with Gasteiger partial charge < -0.3 is 29.9 Å². The van der Waals surface area contributed by atoms with Crippen LogP contribution in [0.1, 0.15) is 29.3 Å². The van der Waals surface area contributed by atoms with E-state index in [9.17, 15) is 9.50 Å². The second-order valence-electron chi connectivity index (χ2n) is 8.68. The first-order chi connectivity index (χ1) is 17.9. The number of carboxylic acid groups (broad SMARTS) is 1. The minimum Gasteiger partial charge on any atom is -0.493 e. The summed E-state index contributed by atoms with van der Waals surface area (Å²) in [5.41, 5.74) is 5.42. The van der Waals surface area contributed by atoms with Crippen LogP contribution in [0.25, 0.3) is 10.9 Å². The number of benzene rings is 3. The number of hydrogen-bond acceptors (Lipinski definition) is 5. The van der Waals surface area contributed by atoms with Gasteiger partial charge in [-0.25, -0.2) is 4.39 Å². The molecule has 194 valence electrons. The maximum Gasteiger partial charge on any atom is 0.290 e. The Morgan fingerprint density at radius 2 is 1.84 bits per heavy atom. The highest BCUT2D eigenvalue weighted by atomic mass is 35.5. The first kappa shape index (κ1) is 26.5. The number of aliphatic hydroxyl groups is 2. The number of rotatable bonds is 7. The maximum atomic E-state index is 13.6. The number of ether oxygens (including phenoxy) is 1. The van der Waals surface area contributed by atoms with Crippen molar-refractivity contribution < 1.29 is 29.2 Å². The standard InChI is InChI=1S/C27H26ClFN2O3.CH2O2/c28-18-3-10-25-24(15-18)23-11-13-31(20-6-4-19(29)5-7-20)27(26(23)30-25)17-1-8-22(9-2-17)34-14-12-21(33)16-32;2-1-3/h1-10,15,21,27,30,32-33H,11-14,16H2;1H,(H,2,3). The molecule has 1 aliphatic heterocycles. The lowest BCUT2D eigenvalue weighted by atomic mass is 9.91. The molecule has 1 aliphatic rings. The Balaban J connectivity index is 0.00000102. The number of hydrogen-bond donors (Lipinski definition) is 4. The fourth-order valence-corrected chi connectivity index (χ4v) is 4.84. The average molecular weight is 527 g/mol. The fraction of sp³-hybridized carbons (Fsp3) is 0.250. The van der Waals surface area contributed by atoms with E-state index in [2.05, 4.69) is 9.88 Å². The Bertz CT molecular complexity index is 1330. The van der Waals surface area contributed by atoms with Crippen molar-refractivity contribution in [1.82, 2.24) is 4.98 Å². The highest BCUT2D eigenvalue weighted by Crippen LogP contribution is 2.41. The summed E-state index contributed by atoms with van der Waals surface area (Å²) >= 11 is 6.30. The normalized spacial score (nSPS) is 15.5. The molecule has 0 aliphatic carbocycles. The maximum absolute atomic E-state index is 13.6. The van der Waals surface area contributed by atoms with E-state index in [0.29, 0.717) is 23.8 Å². The molecule has 2 unspecified atom stereocenters. The van der Waals surface area contributed by atoms with Gasteiger partial charge in [-0.05, 0) is 72.1 Å². The molecular formula is C28H28ClFN2O5. The van der Waals surface area contributed by atoms with Crippen molar-refractivity contribution in [3.05, 3.63) is 94.4 Å². The highest BCUT2D eigenvalue weighted by Gasteiger charge is 2.32. The molecule has 7 nitrogen and oxygen atoms in total. The summed E-state index contributed by atoms with van der Waals surface area (Å²) in [7, 11) is 0. The van der Waals surface area contributed by atoms with Crippen molar-refractivity contribution in [3.8, 4) is 5.75 Å². The lowest BCUT2D eigenvalue weighted by molar-refractivity contribution is -0.122. The summed E-state index contributed by atoms with van der Waals surface area (Å²) in [5, 5.41) is 27.2. The van der Waals surface area contributed by atoms with Crippen LogP contribution in [0.5, 0.6) is 5.75 Å². The number of nitrogens with zero attached hydrogens (tertiary/aromatic N) is 1. The van der Waals surface area contributed by atoms with Crippen LogP contribution in [0.2, 0.25) is 5.02 Å². The largest absolute Gasteiger partial charge is 0.493 e. The summed E-state index contributed by atoms with van der Waals surface area (Å²) < 4.78 is 19.4. The van der Waals surface area contributed by atoms with Crippen molar-refractivity contribution in [2.75, 3.05) is 24.7 Å². The number of aromatic amines is 1. The Labute approximate surface area is 218 Å². The van der Waals surface area contributed by atoms with Crippen molar-refractivity contribution in [1.29, 1.82) is 0 Å². The van der Waals surface area contributed by atoms with Crippen molar-refractivity contribution in [3.63, 3.8) is 0 Å². The van der Waals surface area contributed by atoms with E-state index in [1.165, 1.54) is 17.7 Å². The second kappa shape index (κ2) is 12.1. The molecule has 0 bridgehead atoms. The van der Waals surface area contributed by atoms with Gasteiger partial charge in [-0.3, -0.25) is 4.79 Å². The number of anilines is 1. The molecule has 0 fully saturated rings. The van der Waals surface area contributed by atoms with Crippen LogP contribution in [0.15, 0.2) is 66.7 Å². The minimum atomic E-state index is -0.778. The van der Waals surface area contributed by atoms with Crippen LogP contribution >= 0.6 is 11.6 Å². The molecule has 3 aromatic carbocycles. The highest BCUT2D eigenvalue weighted by molar-refractivity contribution is 6.31. The molecule has 0 saturated carbocycles. The van der Waals surface area contributed by atoms with Crippen molar-refractivity contribution >= 4 is 34.7 Å². The quantitative estimate of drug-likeness (QED) is 0.254. The summed E-state index contributed by atoms with van der Waals surface area (Å²) in [6.07, 6.45) is 0.428. The zero-order valence-electron chi connectivity index (χ0n) is 20.0. The molecule has 5 rings (SSSR count). The number of aromatic nitrogens is 1. The molecule has 0 amide bonds. The second-order valence-corrected chi connectivity index (χ2v) is 9.11. The Hall–Kier alpha value is -3.59. The van der Waals surface area contributed by atoms with Crippen LogP contribution in [0.3, 0.4) is 0 Å². The lowest BCUT2D eigenvalue weighted by Gasteiger charge is -2.38. The number of nitrogens with one attached hydrogen (secondary N) is 1. The average Bonchev–Trinajstić information content (AvgIpc) is 3.27. The Kier molecular flexibility index (Phi) is 8.66. The van der Waals surface area contributed by atoms with Gasteiger partial charge in [0.1, 0.15) is 11.6 Å². The zero-order chi connectivity index (χ0) is 26.4. The first-order valence-electron chi connectivity index (χ1n) is 11.9. The third kappa shape index (κ3) is 6.05. The van der Waals surface area contributed by atoms with Gasteiger partial charge >= 0.3 is 0 Å². The van der Waals surface area contributed by atoms with Gasteiger partial charge in [0, 0.05) is 40.3 Å². The minimum absolute atomic E-state index is 0.0920. The fourth-order valence-electron chi connectivity index (χ4n) is 4.67. The smallest absolute Gasteiger partial charge is 0.290 e. The third-order valence-electron chi connectivity index (χ3n) is 6.37. The lowest BCUT2D eigenvalue weighted by Crippen LogP contribution is -2.36. The SMILES string of the molecule is O=CO.OCC(O)CCOc1ccc(C2c3[nH]c4ccc(Cl)cc4c3CCN2c2ccc(F)cc2)cc1. The topological polar surface area (TPSA) is 106 Å². The van der Waals surface area contributed by atoms with Gasteiger partial charge in [0.2, 0.25) is 0 Å². The van der Waals surface area contributed by atoms with Crippen LogP contribution in [-0.4, -0.2) is 52.6 Å². The number of fused-ring (bicyclic) bond motifs is 3. The zero-order valence-corrected chi connectivity index (χ0v) is 20.7. The molecule has 0 spiro atoms. The number of carbonyl (C=O) groups is 1. The predicted octanol–water partition coefficient (Wildman–Crippen LogP) is 4.94. The van der Waals surface area contributed by atoms with E-state index >= 15 is 0 Å². The Morgan fingerprint density at radius 1 is 1.14 bits per heavy atom. The van der Waals surface area contributed by atoms with E-state index in [0.717, 1.165) is 40.8 Å². The van der Waals surface area contributed by atoms with E-state index in [4.69, 9.17) is 31.3 Å². The third-order valence-corrected chi connectivity index (χ3v) is 6.61. The van der Waals surface area contributed by atoms with Crippen LogP contribution in [-0.2, 0) is 11.2 Å². The summed E-state index contributed by atoms with van der Waals surface area (Å²) in [6, 6.07) is 20.3. The van der Waals surface area contributed by atoms with Crippen molar-refractivity contribution in [2.24, 2.45) is 0 Å². The monoisotopic (exact) mass is 526 g/mol. The molecule has 1 aromatic heterocycles. The van der Waals surface area contributed by atoms with E-state index in [1.54, 1.807) is 0 Å². The Morgan fingerprint density at radius 3 is 2.51 bits per heavy atom. The number of H-pyrrole nitrogens is 1. The molecule has 0 radical (unpaired) electrons. The summed E-state index contributed by atoms with van der Waals surface area (Å²) in [6.45, 7) is 0.570. The van der Waals surface area contributed by atoms with Crippen LogP contribution in [0.4, 0.5) is 10.1 Å². The van der Waals surface area contributed by atoms with Crippen molar-refractivity contribution in [2.45, 2.75) is 25.0 Å². The number of halogens is 2. The predicted molar refractivity (Wildman–Crippen MR) is 141 cm³/mol. The van der Waals surface area contributed by atoms with Gasteiger partial charge in [-0.1, -0.05) is 23.7 Å². The van der Waals surface area contributed by atoms with Gasteiger partial charge in [0.15, 0.2) is 0 Å². The molecule has 0 saturated heterocycles. The van der Waals surface area contributed by atoms with Crippen LogP contribution < -0.4 is 9.64 Å². The first-order valence-corrected chi connectivity index (χ1v) is 12.2. The van der Waals surface area contributed by atoms with Gasteiger partial charge in [-0.15, -0.1) is 0 Å². The van der Waals surface area contributed by atoms with E-state index < -0.39 is 6.10 Å². The summed E-state index contributed by atoms with van der Waals surface area (Å²) in [4.78, 5) is 14.3. The van der Waals surface area contributed by atoms with Gasteiger partial charge in [-0.2, -0.15) is 0 Å². The molecule has 4 N–H and O–H groups in total. The number of aliphatic hydroxyl groups excluding tert-OH is 2. The van der Waals surface area contributed by atoms with Gasteiger partial charge in [0.25, 0.3) is 6.47 Å². The van der Waals surface area contributed by atoms with Crippen LogP contribution in [0, 0.1) is 5.82 Å². The molecule has 2 atom stereocenters. The molecule has 2 heterocycles. The van der Waals surface area contributed by atoms with E-state index in [1.807, 2.05) is 54.6 Å². The molecule has 37 heavy (non-hydrogen) atoms. The molecule has 4 aromatic rings. The molecular weight excluding hydrogens is 499 g/mol. The van der Waals surface area contributed by atoms with E-state index in [-0.39, 0.29) is 24.9 Å². The molecule has 9 heteroatoms.